The highest BCUT2D eigenvalue weighted by Crippen LogP contribution is 2.17. The Morgan fingerprint density at radius 3 is 2.55 bits per heavy atom. The van der Waals surface area contributed by atoms with Crippen molar-refractivity contribution in [1.82, 2.24) is 0 Å². The number of rotatable bonds is 6. The maximum Gasteiger partial charge on any atom is 0.0483 e. The predicted octanol–water partition coefficient (Wildman–Crippen LogP) is 3.78. The number of anilines is 1. The van der Waals surface area contributed by atoms with Gasteiger partial charge in [-0.2, -0.15) is 0 Å². The molecule has 0 aromatic heterocycles. The molecule has 0 aliphatic heterocycles. The molecule has 0 heterocycles. The average Bonchev–Trinajstić information content (AvgIpc) is 2.45. The fourth-order valence-corrected chi connectivity index (χ4v) is 2.83. The third-order valence-electron chi connectivity index (χ3n) is 3.28. The zero-order chi connectivity index (χ0) is 14.4. The van der Waals surface area contributed by atoms with Crippen LogP contribution in [0, 0.1) is 0 Å². The van der Waals surface area contributed by atoms with Crippen molar-refractivity contribution in [2.75, 3.05) is 18.1 Å². The van der Waals surface area contributed by atoms with Crippen LogP contribution in [0.4, 0.5) is 5.69 Å². The minimum absolute atomic E-state index is 0.458. The molecule has 0 aliphatic rings. The maximum absolute atomic E-state index is 11.3. The summed E-state index contributed by atoms with van der Waals surface area (Å²) in [7, 11) is -0.795. The average molecular weight is 287 g/mol. The summed E-state index contributed by atoms with van der Waals surface area (Å²) in [6, 6.07) is 18.7. The lowest BCUT2D eigenvalue weighted by molar-refractivity contribution is 0.686. The summed E-state index contributed by atoms with van der Waals surface area (Å²) < 4.78 is 11.3. The Bertz CT molecular complexity index is 568. The van der Waals surface area contributed by atoms with E-state index in [2.05, 4.69) is 48.6 Å². The molecule has 2 aromatic carbocycles. The molecule has 3 heteroatoms. The van der Waals surface area contributed by atoms with Gasteiger partial charge in [0.1, 0.15) is 0 Å². The molecule has 0 bridgehead atoms. The van der Waals surface area contributed by atoms with E-state index in [9.17, 15) is 4.21 Å². The molecule has 2 rings (SSSR count). The Kier molecular flexibility index (Phi) is 5.36. The molecule has 2 atom stereocenters. The van der Waals surface area contributed by atoms with Gasteiger partial charge in [-0.05, 0) is 29.2 Å². The van der Waals surface area contributed by atoms with Crippen molar-refractivity contribution in [2.24, 2.45) is 0 Å². The van der Waals surface area contributed by atoms with Gasteiger partial charge in [-0.25, -0.2) is 0 Å². The van der Waals surface area contributed by atoms with Crippen LogP contribution in [-0.2, 0) is 16.6 Å². The Labute approximate surface area is 123 Å². The van der Waals surface area contributed by atoms with Crippen LogP contribution in [0.1, 0.15) is 24.0 Å². The summed E-state index contributed by atoms with van der Waals surface area (Å²) in [4.78, 5) is 0. The van der Waals surface area contributed by atoms with E-state index >= 15 is 0 Å². The third kappa shape index (κ3) is 4.49. The lowest BCUT2D eigenvalue weighted by atomic mass is 10.0. The van der Waals surface area contributed by atoms with Gasteiger partial charge in [-0.15, -0.1) is 0 Å². The van der Waals surface area contributed by atoms with Gasteiger partial charge in [0.25, 0.3) is 0 Å². The van der Waals surface area contributed by atoms with Crippen molar-refractivity contribution in [2.45, 2.75) is 18.6 Å². The van der Waals surface area contributed by atoms with Crippen LogP contribution in [0.2, 0.25) is 0 Å². The number of benzene rings is 2. The Balaban J connectivity index is 1.95. The fraction of sp³-hybridized carbons (Fsp3) is 0.294. The van der Waals surface area contributed by atoms with Gasteiger partial charge in [0.15, 0.2) is 0 Å². The molecule has 0 saturated heterocycles. The van der Waals surface area contributed by atoms with Crippen LogP contribution in [0.3, 0.4) is 0 Å². The molecule has 0 radical (unpaired) electrons. The SMILES string of the molecule is CC(CNc1cccc(CS(C)=O)c1)c1ccccc1. The molecular weight excluding hydrogens is 266 g/mol. The Hall–Kier alpha value is -1.61. The predicted molar refractivity (Wildman–Crippen MR) is 87.6 cm³/mol. The highest BCUT2D eigenvalue weighted by molar-refractivity contribution is 7.83. The van der Waals surface area contributed by atoms with E-state index in [0.29, 0.717) is 11.7 Å². The van der Waals surface area contributed by atoms with Crippen LogP contribution in [0.5, 0.6) is 0 Å². The zero-order valence-electron chi connectivity index (χ0n) is 12.0. The molecule has 0 aliphatic carbocycles. The second kappa shape index (κ2) is 7.25. The standard InChI is InChI=1S/C17H21NOS/c1-14(16-8-4-3-5-9-16)12-18-17-10-6-7-15(11-17)13-20(2)19/h3-11,14,18H,12-13H2,1-2H3. The normalized spacial score (nSPS) is 13.7. The van der Waals surface area contributed by atoms with Crippen molar-refractivity contribution in [3.05, 3.63) is 65.7 Å². The summed E-state index contributed by atoms with van der Waals surface area (Å²) in [6.07, 6.45) is 1.73. The topological polar surface area (TPSA) is 29.1 Å². The fourth-order valence-electron chi connectivity index (χ4n) is 2.18. The molecule has 1 N–H and O–H groups in total. The first-order valence-corrected chi connectivity index (χ1v) is 8.55. The molecule has 2 unspecified atom stereocenters. The van der Waals surface area contributed by atoms with Crippen molar-refractivity contribution in [3.63, 3.8) is 0 Å². The quantitative estimate of drug-likeness (QED) is 0.876. The summed E-state index contributed by atoms with van der Waals surface area (Å²) in [5.74, 6) is 1.07. The Morgan fingerprint density at radius 1 is 1.10 bits per heavy atom. The van der Waals surface area contributed by atoms with E-state index in [4.69, 9.17) is 0 Å². The number of hydrogen-bond acceptors (Lipinski definition) is 2. The van der Waals surface area contributed by atoms with Gasteiger partial charge < -0.3 is 5.32 Å². The van der Waals surface area contributed by atoms with Gasteiger partial charge in [0.2, 0.25) is 0 Å². The lowest BCUT2D eigenvalue weighted by Gasteiger charge is -2.14. The zero-order valence-corrected chi connectivity index (χ0v) is 12.8. The monoisotopic (exact) mass is 287 g/mol. The van der Waals surface area contributed by atoms with E-state index in [1.54, 1.807) is 6.26 Å². The first kappa shape index (κ1) is 14.8. The first-order valence-electron chi connectivity index (χ1n) is 6.83. The second-order valence-corrected chi connectivity index (χ2v) is 6.55. The van der Waals surface area contributed by atoms with Gasteiger partial charge in [0.05, 0.1) is 0 Å². The maximum atomic E-state index is 11.3. The molecule has 0 spiro atoms. The van der Waals surface area contributed by atoms with E-state index in [1.807, 2.05) is 18.2 Å². The molecule has 0 fully saturated rings. The van der Waals surface area contributed by atoms with Gasteiger partial charge in [-0.3, -0.25) is 4.21 Å². The molecule has 0 amide bonds. The van der Waals surface area contributed by atoms with Gasteiger partial charge in [-0.1, -0.05) is 49.4 Å². The molecule has 2 nitrogen and oxygen atoms in total. The highest BCUT2D eigenvalue weighted by Gasteiger charge is 2.05. The molecule has 106 valence electrons. The van der Waals surface area contributed by atoms with Gasteiger partial charge in [0, 0.05) is 35.0 Å². The first-order chi connectivity index (χ1) is 9.65. The van der Waals surface area contributed by atoms with E-state index in [-0.39, 0.29) is 0 Å². The largest absolute Gasteiger partial charge is 0.384 e. The van der Waals surface area contributed by atoms with E-state index in [1.165, 1.54) is 5.56 Å². The van der Waals surface area contributed by atoms with Crippen molar-refractivity contribution >= 4 is 16.5 Å². The minimum Gasteiger partial charge on any atom is -0.384 e. The summed E-state index contributed by atoms with van der Waals surface area (Å²) in [5.41, 5.74) is 3.55. The summed E-state index contributed by atoms with van der Waals surface area (Å²) in [5, 5.41) is 3.46. The summed E-state index contributed by atoms with van der Waals surface area (Å²) in [6.45, 7) is 3.11. The van der Waals surface area contributed by atoms with Crippen LogP contribution >= 0.6 is 0 Å². The Morgan fingerprint density at radius 2 is 1.85 bits per heavy atom. The number of nitrogens with one attached hydrogen (secondary N) is 1. The molecule has 20 heavy (non-hydrogen) atoms. The third-order valence-corrected chi connectivity index (χ3v) is 4.02. The van der Waals surface area contributed by atoms with Crippen LogP contribution in [0.15, 0.2) is 54.6 Å². The summed E-state index contributed by atoms with van der Waals surface area (Å²) >= 11 is 0. The smallest absolute Gasteiger partial charge is 0.0483 e. The molecule has 0 saturated carbocycles. The van der Waals surface area contributed by atoms with E-state index < -0.39 is 10.8 Å². The van der Waals surface area contributed by atoms with E-state index in [0.717, 1.165) is 17.8 Å². The van der Waals surface area contributed by atoms with Crippen molar-refractivity contribution in [3.8, 4) is 0 Å². The lowest BCUT2D eigenvalue weighted by Crippen LogP contribution is -2.10. The van der Waals surface area contributed by atoms with Crippen LogP contribution < -0.4 is 5.32 Å². The van der Waals surface area contributed by atoms with Gasteiger partial charge >= 0.3 is 0 Å². The molecular formula is C17H21NOS. The molecule has 2 aromatic rings. The van der Waals surface area contributed by atoms with Crippen LogP contribution in [0.25, 0.3) is 0 Å². The minimum atomic E-state index is -0.795. The van der Waals surface area contributed by atoms with Crippen molar-refractivity contribution in [1.29, 1.82) is 0 Å². The highest BCUT2D eigenvalue weighted by atomic mass is 32.2. The second-order valence-electron chi connectivity index (χ2n) is 5.11. The number of hydrogen-bond donors (Lipinski definition) is 1. The van der Waals surface area contributed by atoms with Crippen LogP contribution in [-0.4, -0.2) is 17.0 Å². The van der Waals surface area contributed by atoms with Crippen molar-refractivity contribution < 1.29 is 4.21 Å².